The topological polar surface area (TPSA) is 79.2 Å². The zero-order valence-corrected chi connectivity index (χ0v) is 16.9. The second kappa shape index (κ2) is 7.90. The summed E-state index contributed by atoms with van der Waals surface area (Å²) in [7, 11) is 0. The van der Waals surface area contributed by atoms with Crippen molar-refractivity contribution < 1.29 is 4.79 Å². The molecular weight excluding hydrogens is 366 g/mol. The van der Waals surface area contributed by atoms with Crippen molar-refractivity contribution in [2.45, 2.75) is 32.9 Å². The van der Waals surface area contributed by atoms with E-state index in [1.54, 1.807) is 24.1 Å². The molecule has 1 fully saturated rings. The number of hydrogen-bond donors (Lipinski definition) is 1. The monoisotopic (exact) mass is 391 g/mol. The summed E-state index contributed by atoms with van der Waals surface area (Å²) in [5.74, 6) is 1.52. The number of benzene rings is 1. The highest BCUT2D eigenvalue weighted by molar-refractivity contribution is 5.74. The number of rotatable bonds is 4. The van der Waals surface area contributed by atoms with Gasteiger partial charge in [-0.25, -0.2) is 9.67 Å². The van der Waals surface area contributed by atoms with Crippen molar-refractivity contribution in [3.63, 3.8) is 0 Å². The number of nitrogens with zero attached hydrogens (tertiary/aromatic N) is 6. The van der Waals surface area contributed by atoms with Crippen molar-refractivity contribution in [2.75, 3.05) is 23.3 Å². The molecule has 1 saturated heterocycles. The third-order valence-electron chi connectivity index (χ3n) is 5.12. The van der Waals surface area contributed by atoms with Gasteiger partial charge in [0.15, 0.2) is 0 Å². The van der Waals surface area contributed by atoms with Crippen molar-refractivity contribution in [1.29, 1.82) is 0 Å². The van der Waals surface area contributed by atoms with Crippen molar-refractivity contribution in [2.24, 2.45) is 0 Å². The van der Waals surface area contributed by atoms with E-state index in [0.717, 1.165) is 30.3 Å². The van der Waals surface area contributed by atoms with Crippen LogP contribution in [0.25, 0.3) is 5.69 Å². The van der Waals surface area contributed by atoms with Crippen LogP contribution in [0.4, 0.5) is 17.5 Å². The predicted molar refractivity (Wildman–Crippen MR) is 113 cm³/mol. The average Bonchev–Trinajstić information content (AvgIpc) is 3.16. The number of hydrogen-bond acceptors (Lipinski definition) is 6. The van der Waals surface area contributed by atoms with Gasteiger partial charge in [-0.3, -0.25) is 4.79 Å². The lowest BCUT2D eigenvalue weighted by molar-refractivity contribution is -0.133. The average molecular weight is 391 g/mol. The number of aromatic nitrogens is 4. The summed E-state index contributed by atoms with van der Waals surface area (Å²) < 4.78 is 1.73. The van der Waals surface area contributed by atoms with Gasteiger partial charge in [-0.05, 0) is 32.0 Å². The van der Waals surface area contributed by atoms with Gasteiger partial charge < -0.3 is 15.1 Å². The minimum Gasteiger partial charge on any atom is -0.352 e. The van der Waals surface area contributed by atoms with E-state index in [1.165, 1.54) is 0 Å². The van der Waals surface area contributed by atoms with Crippen LogP contribution in [-0.2, 0) is 4.79 Å². The van der Waals surface area contributed by atoms with Crippen LogP contribution >= 0.6 is 0 Å². The molecule has 1 N–H and O–H groups in total. The number of para-hydroxylation sites is 1. The molecule has 0 aliphatic carbocycles. The fraction of sp³-hybridized carbons (Fsp3) is 0.333. The maximum absolute atomic E-state index is 11.9. The Hall–Kier alpha value is -3.42. The Labute approximate surface area is 170 Å². The van der Waals surface area contributed by atoms with Crippen LogP contribution in [0, 0.1) is 0 Å². The zero-order valence-electron chi connectivity index (χ0n) is 16.9. The third kappa shape index (κ3) is 4.06. The smallest absolute Gasteiger partial charge is 0.246 e. The van der Waals surface area contributed by atoms with E-state index in [4.69, 9.17) is 0 Å². The van der Waals surface area contributed by atoms with Crippen LogP contribution in [0.1, 0.15) is 20.8 Å². The molecule has 8 heteroatoms. The number of nitrogens with one attached hydrogen (secondary N) is 1. The molecule has 1 amide bonds. The lowest BCUT2D eigenvalue weighted by atomic mass is 10.1. The molecular formula is C21H25N7O. The van der Waals surface area contributed by atoms with Crippen molar-refractivity contribution in [1.82, 2.24) is 24.6 Å². The van der Waals surface area contributed by atoms with Crippen molar-refractivity contribution in [3.8, 4) is 5.69 Å². The van der Waals surface area contributed by atoms with Crippen LogP contribution in [-0.4, -0.2) is 55.7 Å². The minimum absolute atomic E-state index is 0.118. The lowest BCUT2D eigenvalue weighted by Gasteiger charge is -2.44. The molecule has 1 aliphatic heterocycles. The fourth-order valence-electron chi connectivity index (χ4n) is 3.95. The predicted octanol–water partition coefficient (Wildman–Crippen LogP) is 2.85. The number of amides is 1. The Morgan fingerprint density at radius 1 is 1.07 bits per heavy atom. The summed E-state index contributed by atoms with van der Waals surface area (Å²) in [6.07, 6.45) is 3.46. The van der Waals surface area contributed by atoms with Crippen molar-refractivity contribution in [3.05, 3.63) is 55.0 Å². The molecule has 3 heterocycles. The van der Waals surface area contributed by atoms with Gasteiger partial charge in [-0.15, -0.1) is 5.10 Å². The highest BCUT2D eigenvalue weighted by Crippen LogP contribution is 2.23. The Morgan fingerprint density at radius 2 is 1.79 bits per heavy atom. The molecule has 8 nitrogen and oxygen atoms in total. The number of carbonyl (C=O) groups is 1. The van der Waals surface area contributed by atoms with Crippen LogP contribution in [0.15, 0.2) is 55.0 Å². The minimum atomic E-state index is 0.118. The van der Waals surface area contributed by atoms with Crippen LogP contribution in [0.5, 0.6) is 0 Å². The molecule has 2 aromatic heterocycles. The first kappa shape index (κ1) is 18.9. The summed E-state index contributed by atoms with van der Waals surface area (Å²) >= 11 is 0. The lowest BCUT2D eigenvalue weighted by Crippen LogP contribution is -2.58. The Bertz CT molecular complexity index is 975. The second-order valence-corrected chi connectivity index (χ2v) is 7.41. The largest absolute Gasteiger partial charge is 0.352 e. The van der Waals surface area contributed by atoms with Gasteiger partial charge >= 0.3 is 0 Å². The normalized spacial score (nSPS) is 19.3. The molecule has 0 unspecified atom stereocenters. The van der Waals surface area contributed by atoms with E-state index in [0.29, 0.717) is 5.95 Å². The highest BCUT2D eigenvalue weighted by Gasteiger charge is 2.31. The standard InChI is InChI=1S/C21H25N7O/c1-15-12-26(13-16(2)28(15)17(3)29)20-11-19(9-10-22-20)27-14-23-21(25-27)24-18-7-5-4-6-8-18/h4-11,14-16H,12-13H2,1-3H3,(H,24,25)/t15-,16+. The summed E-state index contributed by atoms with van der Waals surface area (Å²) in [6.45, 7) is 7.28. The zero-order chi connectivity index (χ0) is 20.4. The van der Waals surface area contributed by atoms with Gasteiger partial charge in [0.2, 0.25) is 11.9 Å². The molecule has 29 heavy (non-hydrogen) atoms. The first-order valence-corrected chi connectivity index (χ1v) is 9.75. The Kier molecular flexibility index (Phi) is 5.16. The second-order valence-electron chi connectivity index (χ2n) is 7.41. The van der Waals surface area contributed by atoms with Crippen LogP contribution < -0.4 is 10.2 Å². The number of carbonyl (C=O) groups excluding carboxylic acids is 1. The van der Waals surface area contributed by atoms with E-state index >= 15 is 0 Å². The number of piperazine rings is 1. The number of anilines is 3. The van der Waals surface area contributed by atoms with E-state index in [2.05, 4.69) is 39.1 Å². The maximum Gasteiger partial charge on any atom is 0.246 e. The van der Waals surface area contributed by atoms with Gasteiger partial charge in [0, 0.05) is 50.0 Å². The molecule has 0 bridgehead atoms. The molecule has 0 spiro atoms. The summed E-state index contributed by atoms with van der Waals surface area (Å²) in [4.78, 5) is 25.0. The maximum atomic E-state index is 11.9. The number of pyridine rings is 1. The molecule has 150 valence electrons. The molecule has 2 atom stereocenters. The third-order valence-corrected chi connectivity index (χ3v) is 5.12. The van der Waals surface area contributed by atoms with Gasteiger partial charge in [0.1, 0.15) is 12.1 Å². The molecule has 3 aromatic rings. The molecule has 0 radical (unpaired) electrons. The quantitative estimate of drug-likeness (QED) is 0.737. The highest BCUT2D eigenvalue weighted by atomic mass is 16.2. The summed E-state index contributed by atoms with van der Waals surface area (Å²) in [6, 6.07) is 14.0. The van der Waals surface area contributed by atoms with Crippen LogP contribution in [0.2, 0.25) is 0 Å². The molecule has 4 rings (SSSR count). The molecule has 0 saturated carbocycles. The van der Waals surface area contributed by atoms with E-state index in [9.17, 15) is 4.79 Å². The van der Waals surface area contributed by atoms with Gasteiger partial charge in [-0.1, -0.05) is 18.2 Å². The molecule has 1 aliphatic rings. The molecule has 1 aromatic carbocycles. The first-order valence-electron chi connectivity index (χ1n) is 9.75. The summed E-state index contributed by atoms with van der Waals surface area (Å²) in [5.41, 5.74) is 1.82. The SMILES string of the molecule is CC(=O)N1[C@H](C)CN(c2cc(-n3cnc(Nc4ccccc4)n3)ccn2)C[C@@H]1C. The van der Waals surface area contributed by atoms with Crippen molar-refractivity contribution >= 4 is 23.4 Å². The Morgan fingerprint density at radius 3 is 2.48 bits per heavy atom. The first-order chi connectivity index (χ1) is 14.0. The Balaban J connectivity index is 1.52. The van der Waals surface area contributed by atoms with E-state index in [1.807, 2.05) is 47.4 Å². The fourth-order valence-corrected chi connectivity index (χ4v) is 3.95. The van der Waals surface area contributed by atoms with Gasteiger partial charge in [0.25, 0.3) is 0 Å². The summed E-state index contributed by atoms with van der Waals surface area (Å²) in [5, 5.41) is 7.71. The van der Waals surface area contributed by atoms with Gasteiger partial charge in [0.05, 0.1) is 5.69 Å². The van der Waals surface area contributed by atoms with Crippen LogP contribution in [0.3, 0.4) is 0 Å². The van der Waals surface area contributed by atoms with Gasteiger partial charge in [-0.2, -0.15) is 4.98 Å². The van der Waals surface area contributed by atoms with E-state index < -0.39 is 0 Å². The van der Waals surface area contributed by atoms with E-state index in [-0.39, 0.29) is 18.0 Å².